The topological polar surface area (TPSA) is 37.4 Å². The van der Waals surface area contributed by atoms with E-state index >= 15 is 0 Å². The number of allylic oxidation sites excluding steroid dienone is 2. The standard InChI is InChI=1S/C15H14BrNO2/c1-9-2-7-12-13(8-9)15(19)17(14(12)18)11-5-3-10(16)4-6-11/h2-6,12-13H,7-8H2,1H3/t12-,13-/m1/s1. The van der Waals surface area contributed by atoms with Gasteiger partial charge in [0.25, 0.3) is 0 Å². The number of carbonyl (C=O) groups excluding carboxylic acids is 2. The number of carbonyl (C=O) groups is 2. The average molecular weight is 320 g/mol. The Morgan fingerprint density at radius 3 is 2.42 bits per heavy atom. The van der Waals surface area contributed by atoms with Crippen molar-refractivity contribution in [3.63, 3.8) is 0 Å². The van der Waals surface area contributed by atoms with E-state index in [1.807, 2.05) is 19.1 Å². The Morgan fingerprint density at radius 1 is 1.11 bits per heavy atom. The van der Waals surface area contributed by atoms with Crippen LogP contribution in [0.15, 0.2) is 40.4 Å². The van der Waals surface area contributed by atoms with Crippen molar-refractivity contribution in [3.05, 3.63) is 40.4 Å². The third-order valence-electron chi connectivity index (χ3n) is 3.91. The molecule has 3 rings (SSSR count). The fourth-order valence-corrected chi connectivity index (χ4v) is 3.15. The van der Waals surface area contributed by atoms with Crippen LogP contribution in [0.1, 0.15) is 19.8 Å². The summed E-state index contributed by atoms with van der Waals surface area (Å²) in [5, 5.41) is 0. The normalized spacial score (nSPS) is 26.4. The van der Waals surface area contributed by atoms with E-state index in [1.165, 1.54) is 10.5 Å². The lowest BCUT2D eigenvalue weighted by Gasteiger charge is -2.18. The molecule has 1 saturated heterocycles. The second-order valence-electron chi connectivity index (χ2n) is 5.19. The molecule has 2 atom stereocenters. The van der Waals surface area contributed by atoms with Crippen LogP contribution in [-0.2, 0) is 9.59 Å². The van der Waals surface area contributed by atoms with E-state index in [-0.39, 0.29) is 23.7 Å². The summed E-state index contributed by atoms with van der Waals surface area (Å²) in [5.41, 5.74) is 1.88. The molecule has 0 saturated carbocycles. The average Bonchev–Trinajstić information content (AvgIpc) is 2.63. The quantitative estimate of drug-likeness (QED) is 0.588. The number of hydrogen-bond acceptors (Lipinski definition) is 2. The van der Waals surface area contributed by atoms with Gasteiger partial charge in [-0.15, -0.1) is 0 Å². The Hall–Kier alpha value is -1.42. The molecule has 1 fully saturated rings. The Bertz CT molecular complexity index is 576. The van der Waals surface area contributed by atoms with Gasteiger partial charge in [0.1, 0.15) is 0 Å². The summed E-state index contributed by atoms with van der Waals surface area (Å²) in [6, 6.07) is 7.30. The molecule has 1 aliphatic carbocycles. The zero-order chi connectivity index (χ0) is 13.6. The molecule has 19 heavy (non-hydrogen) atoms. The second-order valence-corrected chi connectivity index (χ2v) is 6.11. The number of amides is 2. The van der Waals surface area contributed by atoms with Crippen molar-refractivity contribution in [1.29, 1.82) is 0 Å². The highest BCUT2D eigenvalue weighted by Crippen LogP contribution is 2.39. The minimum absolute atomic E-state index is 0.0511. The van der Waals surface area contributed by atoms with Crippen molar-refractivity contribution >= 4 is 33.4 Å². The number of anilines is 1. The SMILES string of the molecule is CC1=CC[C@H]2C(=O)N(c3ccc(Br)cc3)C(=O)[C@@H]2C1. The maximum absolute atomic E-state index is 12.4. The van der Waals surface area contributed by atoms with Crippen LogP contribution < -0.4 is 4.90 Å². The van der Waals surface area contributed by atoms with Crippen molar-refractivity contribution in [1.82, 2.24) is 0 Å². The van der Waals surface area contributed by atoms with E-state index in [9.17, 15) is 9.59 Å². The van der Waals surface area contributed by atoms with Gasteiger partial charge in [0.2, 0.25) is 11.8 Å². The molecule has 3 nitrogen and oxygen atoms in total. The zero-order valence-corrected chi connectivity index (χ0v) is 12.2. The molecule has 1 aromatic carbocycles. The molecular formula is C15H14BrNO2. The van der Waals surface area contributed by atoms with Crippen LogP contribution in [0.2, 0.25) is 0 Å². The maximum Gasteiger partial charge on any atom is 0.238 e. The maximum atomic E-state index is 12.4. The molecule has 0 unspecified atom stereocenters. The first-order valence-electron chi connectivity index (χ1n) is 6.37. The monoisotopic (exact) mass is 319 g/mol. The highest BCUT2D eigenvalue weighted by molar-refractivity contribution is 9.10. The molecule has 2 amide bonds. The minimum Gasteiger partial charge on any atom is -0.274 e. The van der Waals surface area contributed by atoms with Gasteiger partial charge < -0.3 is 0 Å². The molecule has 0 radical (unpaired) electrons. The van der Waals surface area contributed by atoms with E-state index in [4.69, 9.17) is 0 Å². The number of hydrogen-bond donors (Lipinski definition) is 0. The van der Waals surface area contributed by atoms with Gasteiger partial charge in [-0.3, -0.25) is 14.5 Å². The summed E-state index contributed by atoms with van der Waals surface area (Å²) in [6.07, 6.45) is 3.48. The molecule has 0 N–H and O–H groups in total. The first kappa shape index (κ1) is 12.6. The van der Waals surface area contributed by atoms with Crippen molar-refractivity contribution in [2.24, 2.45) is 11.8 Å². The van der Waals surface area contributed by atoms with Gasteiger partial charge in [0.15, 0.2) is 0 Å². The molecule has 0 bridgehead atoms. The predicted molar refractivity (Wildman–Crippen MR) is 76.6 cm³/mol. The lowest BCUT2D eigenvalue weighted by molar-refractivity contribution is -0.122. The Labute approximate surface area is 120 Å². The van der Waals surface area contributed by atoms with Crippen molar-refractivity contribution < 1.29 is 9.59 Å². The fraction of sp³-hybridized carbons (Fsp3) is 0.333. The van der Waals surface area contributed by atoms with Crippen molar-refractivity contribution in [2.75, 3.05) is 4.90 Å². The third kappa shape index (κ3) is 2.04. The van der Waals surface area contributed by atoms with Gasteiger partial charge >= 0.3 is 0 Å². The molecule has 0 aromatic heterocycles. The molecule has 1 aliphatic heterocycles. The molecule has 4 heteroatoms. The van der Waals surface area contributed by atoms with Gasteiger partial charge in [-0.25, -0.2) is 0 Å². The van der Waals surface area contributed by atoms with Crippen molar-refractivity contribution in [3.8, 4) is 0 Å². The van der Waals surface area contributed by atoms with Crippen LogP contribution in [0.5, 0.6) is 0 Å². The molecular weight excluding hydrogens is 306 g/mol. The smallest absolute Gasteiger partial charge is 0.238 e. The second kappa shape index (κ2) is 4.60. The van der Waals surface area contributed by atoms with Gasteiger partial charge in [-0.1, -0.05) is 27.6 Å². The van der Waals surface area contributed by atoms with Crippen LogP contribution in [0, 0.1) is 11.8 Å². The number of fused-ring (bicyclic) bond motifs is 1. The Balaban J connectivity index is 1.95. The van der Waals surface area contributed by atoms with E-state index < -0.39 is 0 Å². The summed E-state index contributed by atoms with van der Waals surface area (Å²) in [5.74, 6) is -0.438. The third-order valence-corrected chi connectivity index (χ3v) is 4.44. The molecule has 1 aromatic rings. The summed E-state index contributed by atoms with van der Waals surface area (Å²) in [6.45, 7) is 2.02. The predicted octanol–water partition coefficient (Wildman–Crippen LogP) is 3.29. The van der Waals surface area contributed by atoms with Crippen LogP contribution in [0.4, 0.5) is 5.69 Å². The number of nitrogens with zero attached hydrogens (tertiary/aromatic N) is 1. The number of halogens is 1. The number of rotatable bonds is 1. The molecule has 2 aliphatic rings. The summed E-state index contributed by atoms with van der Waals surface area (Å²) < 4.78 is 0.935. The van der Waals surface area contributed by atoms with Crippen LogP contribution in [0.3, 0.4) is 0 Å². The van der Waals surface area contributed by atoms with Crippen molar-refractivity contribution in [2.45, 2.75) is 19.8 Å². The Morgan fingerprint density at radius 2 is 1.74 bits per heavy atom. The van der Waals surface area contributed by atoms with E-state index in [2.05, 4.69) is 22.0 Å². The first-order chi connectivity index (χ1) is 9.08. The van der Waals surface area contributed by atoms with E-state index in [1.54, 1.807) is 12.1 Å². The summed E-state index contributed by atoms with van der Waals surface area (Å²) in [4.78, 5) is 26.2. The van der Waals surface area contributed by atoms with Gasteiger partial charge in [0.05, 0.1) is 17.5 Å². The van der Waals surface area contributed by atoms with Gasteiger partial charge in [-0.05, 0) is 44.0 Å². The Kier molecular flexibility index (Phi) is 3.05. The van der Waals surface area contributed by atoms with Gasteiger partial charge in [-0.2, -0.15) is 0 Å². The molecule has 98 valence electrons. The molecule has 0 spiro atoms. The molecule has 1 heterocycles. The van der Waals surface area contributed by atoms with Crippen LogP contribution in [-0.4, -0.2) is 11.8 Å². The highest BCUT2D eigenvalue weighted by Gasteiger charge is 2.48. The zero-order valence-electron chi connectivity index (χ0n) is 10.6. The summed E-state index contributed by atoms with van der Waals surface area (Å²) >= 11 is 3.36. The number of benzene rings is 1. The largest absolute Gasteiger partial charge is 0.274 e. The number of imide groups is 1. The first-order valence-corrected chi connectivity index (χ1v) is 7.16. The lowest BCUT2D eigenvalue weighted by Crippen LogP contribution is -2.30. The van der Waals surface area contributed by atoms with Crippen LogP contribution >= 0.6 is 15.9 Å². The van der Waals surface area contributed by atoms with Gasteiger partial charge in [0, 0.05) is 4.47 Å². The fourth-order valence-electron chi connectivity index (χ4n) is 2.88. The minimum atomic E-state index is -0.167. The summed E-state index contributed by atoms with van der Waals surface area (Å²) in [7, 11) is 0. The van der Waals surface area contributed by atoms with Crippen LogP contribution in [0.25, 0.3) is 0 Å². The lowest BCUT2D eigenvalue weighted by atomic mass is 9.82. The highest BCUT2D eigenvalue weighted by atomic mass is 79.9. The van der Waals surface area contributed by atoms with E-state index in [0.29, 0.717) is 18.5 Å². The van der Waals surface area contributed by atoms with E-state index in [0.717, 1.165) is 4.47 Å².